The van der Waals surface area contributed by atoms with Crippen molar-refractivity contribution in [1.29, 1.82) is 0 Å². The number of methoxy groups -OCH3 is 1. The first-order valence-corrected chi connectivity index (χ1v) is 11.1. The Hall–Kier alpha value is -2.60. The number of alkyl halides is 1. The minimum atomic E-state index is -1.97. The lowest BCUT2D eigenvalue weighted by atomic mass is 10.1. The van der Waals surface area contributed by atoms with Gasteiger partial charge in [0.1, 0.15) is 23.7 Å². The normalized spacial score (nSPS) is 22.9. The third-order valence-corrected chi connectivity index (χ3v) is 5.94. The molecule has 0 unspecified atom stereocenters. The van der Waals surface area contributed by atoms with Crippen LogP contribution in [0.3, 0.4) is 0 Å². The Morgan fingerprint density at radius 1 is 1.32 bits per heavy atom. The summed E-state index contributed by atoms with van der Waals surface area (Å²) in [6, 6.07) is 2.85. The minimum Gasteiger partial charge on any atom is -0.495 e. The predicted molar refractivity (Wildman–Crippen MR) is 122 cm³/mol. The summed E-state index contributed by atoms with van der Waals surface area (Å²) in [6.07, 6.45) is -5.73. The third kappa shape index (κ3) is 5.38. The number of hydrogen-bond donors (Lipinski definition) is 3. The molecule has 2 aromatic rings. The zero-order valence-electron chi connectivity index (χ0n) is 18.5. The van der Waals surface area contributed by atoms with Crippen molar-refractivity contribution < 1.29 is 28.5 Å². The van der Waals surface area contributed by atoms with Crippen LogP contribution in [0, 0.1) is 0 Å². The number of benzene rings is 1. The maximum absolute atomic E-state index is 14.8. The number of carbonyl (C=O) groups is 1. The molecular formula is C21H24Cl2FN3O7. The molecule has 2 heterocycles. The van der Waals surface area contributed by atoms with Gasteiger partial charge in [-0.25, -0.2) is 9.18 Å². The number of H-pyrrole nitrogens is 1. The van der Waals surface area contributed by atoms with Gasteiger partial charge in [-0.05, 0) is 19.4 Å². The Bertz CT molecular complexity index is 1170. The van der Waals surface area contributed by atoms with Gasteiger partial charge in [0.15, 0.2) is 18.5 Å². The molecule has 0 radical (unpaired) electrons. The number of nitrogens with one attached hydrogen (secondary N) is 2. The number of aromatic nitrogens is 2. The molecule has 0 bridgehead atoms. The number of nitrogens with zero attached hydrogens (tertiary/aromatic N) is 1. The molecule has 1 fully saturated rings. The summed E-state index contributed by atoms with van der Waals surface area (Å²) in [4.78, 5) is 38.5. The van der Waals surface area contributed by atoms with Crippen molar-refractivity contribution in [2.45, 2.75) is 51.0 Å². The Kier molecular flexibility index (Phi) is 8.24. The van der Waals surface area contributed by atoms with E-state index in [0.717, 1.165) is 4.57 Å². The summed E-state index contributed by atoms with van der Waals surface area (Å²) < 4.78 is 31.8. The number of carbonyl (C=O) groups excluding carboxylic acids is 1. The molecule has 10 nitrogen and oxygen atoms in total. The van der Waals surface area contributed by atoms with Crippen molar-refractivity contribution >= 4 is 29.1 Å². The first-order valence-electron chi connectivity index (χ1n) is 10.4. The van der Waals surface area contributed by atoms with E-state index in [4.69, 9.17) is 37.4 Å². The summed E-state index contributed by atoms with van der Waals surface area (Å²) in [7, 11) is 1.41. The standard InChI is InChI=1S/C21H24Cl2FN3O7/c1-4-10-8-27(21(31)26-19(10)30)20-16(24)17(28)15(34-20)7-25-18(29)9(2)33-14-6-13(32-3)11(22)5-12(14)23/h5-6,8-9,15-17,20,28H,4,7H2,1-3H3,(H,25,29)(H,26,30,31)/t9-,15-,16+,17-,20-/m1/s1. The largest absolute Gasteiger partial charge is 0.495 e. The zero-order valence-corrected chi connectivity index (χ0v) is 20.0. The molecule has 1 aliphatic rings. The number of aromatic amines is 1. The number of rotatable bonds is 8. The van der Waals surface area contributed by atoms with Gasteiger partial charge in [-0.1, -0.05) is 30.1 Å². The first kappa shape index (κ1) is 26.0. The SMILES string of the molecule is CCc1cn([C@@H]2O[C@H](CNC(=O)[C@@H](C)Oc3cc(OC)c(Cl)cc3Cl)[C@@H](O)[C@@H]2F)c(=O)[nH]c1=O. The van der Waals surface area contributed by atoms with Crippen molar-refractivity contribution in [1.82, 2.24) is 14.9 Å². The third-order valence-electron chi connectivity index (χ3n) is 5.35. The van der Waals surface area contributed by atoms with E-state index in [1.54, 1.807) is 6.92 Å². The molecule has 186 valence electrons. The van der Waals surface area contributed by atoms with Crippen LogP contribution in [0.25, 0.3) is 0 Å². The van der Waals surface area contributed by atoms with Crippen molar-refractivity contribution in [3.8, 4) is 11.5 Å². The molecule has 1 saturated heterocycles. The number of halogens is 3. The average molecular weight is 520 g/mol. The Labute approximate surface area is 203 Å². The monoisotopic (exact) mass is 519 g/mol. The van der Waals surface area contributed by atoms with Crippen LogP contribution in [0.1, 0.15) is 25.6 Å². The zero-order chi connectivity index (χ0) is 25.2. The van der Waals surface area contributed by atoms with Crippen LogP contribution in [0.2, 0.25) is 10.0 Å². The average Bonchev–Trinajstić information content (AvgIpc) is 3.07. The molecule has 3 rings (SSSR count). The quantitative estimate of drug-likeness (QED) is 0.482. The maximum Gasteiger partial charge on any atom is 0.330 e. The van der Waals surface area contributed by atoms with E-state index in [1.165, 1.54) is 32.4 Å². The highest BCUT2D eigenvalue weighted by atomic mass is 35.5. The molecule has 0 saturated carbocycles. The second-order valence-corrected chi connectivity index (χ2v) is 8.41. The van der Waals surface area contributed by atoms with Crippen LogP contribution in [0.15, 0.2) is 27.9 Å². The molecule has 0 aliphatic carbocycles. The Morgan fingerprint density at radius 2 is 2.00 bits per heavy atom. The van der Waals surface area contributed by atoms with Gasteiger partial charge in [0, 0.05) is 24.4 Å². The van der Waals surface area contributed by atoms with Crippen LogP contribution in [-0.4, -0.2) is 58.7 Å². The second kappa shape index (κ2) is 10.8. The second-order valence-electron chi connectivity index (χ2n) is 7.60. The Balaban J connectivity index is 1.65. The van der Waals surface area contributed by atoms with Crippen molar-refractivity contribution in [3.63, 3.8) is 0 Å². The highest BCUT2D eigenvalue weighted by Gasteiger charge is 2.45. The summed E-state index contributed by atoms with van der Waals surface area (Å²) >= 11 is 12.1. The molecule has 13 heteroatoms. The van der Waals surface area contributed by atoms with Gasteiger partial charge < -0.3 is 24.6 Å². The fraction of sp³-hybridized carbons (Fsp3) is 0.476. The molecule has 0 spiro atoms. The van der Waals surface area contributed by atoms with E-state index in [2.05, 4.69) is 10.3 Å². The van der Waals surface area contributed by atoms with Crippen molar-refractivity contribution in [2.75, 3.05) is 13.7 Å². The summed E-state index contributed by atoms with van der Waals surface area (Å²) in [6.45, 7) is 2.90. The number of aliphatic hydroxyl groups is 1. The summed E-state index contributed by atoms with van der Waals surface area (Å²) in [5, 5.41) is 13.2. The molecule has 1 aromatic carbocycles. The lowest BCUT2D eigenvalue weighted by molar-refractivity contribution is -0.128. The summed E-state index contributed by atoms with van der Waals surface area (Å²) in [5.74, 6) is -0.121. The maximum atomic E-state index is 14.8. The van der Waals surface area contributed by atoms with Gasteiger partial charge in [0.25, 0.3) is 11.5 Å². The lowest BCUT2D eigenvalue weighted by Crippen LogP contribution is -2.43. The van der Waals surface area contributed by atoms with E-state index in [-0.39, 0.29) is 27.9 Å². The van der Waals surface area contributed by atoms with Crippen LogP contribution >= 0.6 is 23.2 Å². The van der Waals surface area contributed by atoms with E-state index in [1.807, 2.05) is 0 Å². The topological polar surface area (TPSA) is 132 Å². The van der Waals surface area contributed by atoms with Crippen LogP contribution in [-0.2, 0) is 16.0 Å². The van der Waals surface area contributed by atoms with Crippen LogP contribution in [0.5, 0.6) is 11.5 Å². The smallest absolute Gasteiger partial charge is 0.330 e. The number of amides is 1. The van der Waals surface area contributed by atoms with Gasteiger partial charge in [-0.3, -0.25) is 19.1 Å². The van der Waals surface area contributed by atoms with E-state index >= 15 is 0 Å². The molecule has 1 aliphatic heterocycles. The van der Waals surface area contributed by atoms with Crippen molar-refractivity contribution in [2.24, 2.45) is 0 Å². The fourth-order valence-corrected chi connectivity index (χ4v) is 3.92. The van der Waals surface area contributed by atoms with Gasteiger partial charge >= 0.3 is 5.69 Å². The number of aryl methyl sites for hydroxylation is 1. The fourth-order valence-electron chi connectivity index (χ4n) is 3.41. The molecule has 1 aromatic heterocycles. The number of hydrogen-bond acceptors (Lipinski definition) is 7. The van der Waals surface area contributed by atoms with Gasteiger partial charge in [0.2, 0.25) is 0 Å². The lowest BCUT2D eigenvalue weighted by Gasteiger charge is -2.19. The molecule has 5 atom stereocenters. The predicted octanol–water partition coefficient (Wildman–Crippen LogP) is 1.59. The number of aliphatic hydroxyl groups excluding tert-OH is 1. The first-order chi connectivity index (χ1) is 16.1. The number of ether oxygens (including phenoxy) is 3. The van der Waals surface area contributed by atoms with E-state index in [9.17, 15) is 23.9 Å². The summed E-state index contributed by atoms with van der Waals surface area (Å²) in [5.41, 5.74) is -1.19. The van der Waals surface area contributed by atoms with Gasteiger partial charge in [-0.15, -0.1) is 0 Å². The minimum absolute atomic E-state index is 0.163. The molecule has 1 amide bonds. The highest BCUT2D eigenvalue weighted by molar-refractivity contribution is 6.36. The van der Waals surface area contributed by atoms with Crippen molar-refractivity contribution in [3.05, 3.63) is 54.8 Å². The Morgan fingerprint density at radius 3 is 2.65 bits per heavy atom. The van der Waals surface area contributed by atoms with E-state index in [0.29, 0.717) is 12.2 Å². The van der Waals surface area contributed by atoms with Crippen LogP contribution < -0.4 is 26.0 Å². The molecule has 34 heavy (non-hydrogen) atoms. The highest BCUT2D eigenvalue weighted by Crippen LogP contribution is 2.36. The van der Waals surface area contributed by atoms with Crippen LogP contribution in [0.4, 0.5) is 4.39 Å². The van der Waals surface area contributed by atoms with E-state index < -0.39 is 47.9 Å². The molecule has 3 N–H and O–H groups in total. The van der Waals surface area contributed by atoms with Gasteiger partial charge in [0.05, 0.1) is 17.2 Å². The molecular weight excluding hydrogens is 496 g/mol. The van der Waals surface area contributed by atoms with Gasteiger partial charge in [-0.2, -0.15) is 0 Å².